The molecule has 1 aromatic heterocycles. The van der Waals surface area contributed by atoms with Crippen molar-refractivity contribution in [2.75, 3.05) is 11.3 Å². The fraction of sp³-hybridized carbons (Fsp3) is 0.250. The number of aromatic nitrogens is 1. The number of anilines is 1. The van der Waals surface area contributed by atoms with Gasteiger partial charge in [-0.05, 0) is 60.4 Å². The highest BCUT2D eigenvalue weighted by molar-refractivity contribution is 7.92. The third kappa shape index (κ3) is 5.85. The predicted molar refractivity (Wildman–Crippen MR) is 125 cm³/mol. The zero-order chi connectivity index (χ0) is 23.4. The van der Waals surface area contributed by atoms with Gasteiger partial charge in [0, 0.05) is 24.5 Å². The van der Waals surface area contributed by atoms with Crippen LogP contribution in [0.1, 0.15) is 43.6 Å². The fourth-order valence-electron chi connectivity index (χ4n) is 2.90. The second-order valence-corrected chi connectivity index (χ2v) is 9.93. The first-order valence-corrected chi connectivity index (χ1v) is 11.7. The van der Waals surface area contributed by atoms with Crippen molar-refractivity contribution in [2.45, 2.75) is 38.0 Å². The third-order valence-electron chi connectivity index (χ3n) is 4.70. The van der Waals surface area contributed by atoms with Gasteiger partial charge in [0.05, 0.1) is 10.5 Å². The van der Waals surface area contributed by atoms with Gasteiger partial charge in [-0.3, -0.25) is 9.52 Å². The maximum Gasteiger partial charge on any atom is 0.261 e. The summed E-state index contributed by atoms with van der Waals surface area (Å²) in [5.41, 5.74) is 1.87. The lowest BCUT2D eigenvalue weighted by atomic mass is 9.87. The Bertz CT molecular complexity index is 1170. The molecule has 1 amide bonds. The molecule has 0 fully saturated rings. The van der Waals surface area contributed by atoms with E-state index in [-0.39, 0.29) is 16.2 Å². The van der Waals surface area contributed by atoms with Crippen LogP contribution in [0.25, 0.3) is 0 Å². The number of sulfonamides is 1. The number of nitrogens with zero attached hydrogens (tertiary/aromatic N) is 1. The van der Waals surface area contributed by atoms with Crippen LogP contribution >= 0.6 is 0 Å². The van der Waals surface area contributed by atoms with E-state index in [1.807, 2.05) is 19.1 Å². The van der Waals surface area contributed by atoms with Crippen molar-refractivity contribution in [1.82, 2.24) is 10.3 Å². The average molecular weight is 454 g/mol. The van der Waals surface area contributed by atoms with Crippen LogP contribution in [0, 0.1) is 0 Å². The summed E-state index contributed by atoms with van der Waals surface area (Å²) in [4.78, 5) is 16.1. The summed E-state index contributed by atoms with van der Waals surface area (Å²) in [7, 11) is -3.71. The first-order valence-electron chi connectivity index (χ1n) is 10.2. The van der Waals surface area contributed by atoms with Gasteiger partial charge >= 0.3 is 0 Å². The summed E-state index contributed by atoms with van der Waals surface area (Å²) in [5, 5.41) is 2.70. The Morgan fingerprint density at radius 2 is 1.62 bits per heavy atom. The molecule has 0 bridgehead atoms. The molecule has 0 aliphatic carbocycles. The summed E-state index contributed by atoms with van der Waals surface area (Å²) in [6, 6.07) is 16.6. The monoisotopic (exact) mass is 453 g/mol. The number of hydrogen-bond donors (Lipinski definition) is 2. The zero-order valence-corrected chi connectivity index (χ0v) is 19.4. The summed E-state index contributed by atoms with van der Waals surface area (Å²) in [5.74, 6) is 0.613. The van der Waals surface area contributed by atoms with Gasteiger partial charge in [0.2, 0.25) is 5.88 Å². The van der Waals surface area contributed by atoms with Crippen molar-refractivity contribution in [3.8, 4) is 11.6 Å². The van der Waals surface area contributed by atoms with Crippen molar-refractivity contribution in [1.29, 1.82) is 0 Å². The number of nitrogens with one attached hydrogen (secondary N) is 2. The lowest BCUT2D eigenvalue weighted by Crippen LogP contribution is -2.22. The number of carbonyl (C=O) groups is 1. The van der Waals surface area contributed by atoms with E-state index in [1.165, 1.54) is 6.20 Å². The molecular weight excluding hydrogens is 426 g/mol. The van der Waals surface area contributed by atoms with E-state index in [2.05, 4.69) is 35.8 Å². The third-order valence-corrected chi connectivity index (χ3v) is 6.09. The minimum atomic E-state index is -3.71. The van der Waals surface area contributed by atoms with E-state index in [9.17, 15) is 13.2 Å². The molecule has 168 valence electrons. The van der Waals surface area contributed by atoms with Crippen LogP contribution in [0.4, 0.5) is 5.69 Å². The topological polar surface area (TPSA) is 97.4 Å². The van der Waals surface area contributed by atoms with Crippen LogP contribution in [0.5, 0.6) is 11.6 Å². The molecule has 2 N–H and O–H groups in total. The maximum absolute atomic E-state index is 12.7. The molecule has 8 heteroatoms. The van der Waals surface area contributed by atoms with Gasteiger partial charge in [-0.25, -0.2) is 13.4 Å². The van der Waals surface area contributed by atoms with Crippen molar-refractivity contribution in [3.05, 3.63) is 78.0 Å². The Balaban J connectivity index is 1.66. The SMILES string of the molecule is CCNC(=O)c1ccc(Oc2ccc(NS(=O)(=O)c3ccc(C(C)(C)C)cc3)cc2)nc1. The van der Waals surface area contributed by atoms with Crippen molar-refractivity contribution in [2.24, 2.45) is 0 Å². The quantitative estimate of drug-likeness (QED) is 0.539. The van der Waals surface area contributed by atoms with E-state index in [4.69, 9.17) is 4.74 Å². The Morgan fingerprint density at radius 3 is 2.16 bits per heavy atom. The zero-order valence-electron chi connectivity index (χ0n) is 18.5. The molecule has 0 aliphatic rings. The van der Waals surface area contributed by atoms with Gasteiger partial charge < -0.3 is 10.1 Å². The Hall–Kier alpha value is -3.39. The number of rotatable bonds is 7. The molecule has 3 rings (SSSR count). The second kappa shape index (κ2) is 9.40. The highest BCUT2D eigenvalue weighted by atomic mass is 32.2. The van der Waals surface area contributed by atoms with Crippen LogP contribution in [0.15, 0.2) is 71.8 Å². The molecule has 0 saturated carbocycles. The van der Waals surface area contributed by atoms with E-state index < -0.39 is 10.0 Å². The Morgan fingerprint density at radius 1 is 0.969 bits per heavy atom. The number of benzene rings is 2. The highest BCUT2D eigenvalue weighted by Crippen LogP contribution is 2.26. The average Bonchev–Trinajstić information content (AvgIpc) is 2.75. The van der Waals surface area contributed by atoms with Crippen LogP contribution in [-0.4, -0.2) is 25.9 Å². The van der Waals surface area contributed by atoms with Gasteiger partial charge in [0.1, 0.15) is 5.75 Å². The minimum absolute atomic E-state index is 0.0529. The van der Waals surface area contributed by atoms with Crippen molar-refractivity contribution >= 4 is 21.6 Å². The number of hydrogen-bond acceptors (Lipinski definition) is 5. The van der Waals surface area contributed by atoms with Crippen LogP contribution in [0.3, 0.4) is 0 Å². The van der Waals surface area contributed by atoms with Crippen LogP contribution in [-0.2, 0) is 15.4 Å². The van der Waals surface area contributed by atoms with Gasteiger partial charge in [-0.2, -0.15) is 0 Å². The number of carbonyl (C=O) groups excluding carboxylic acids is 1. The van der Waals surface area contributed by atoms with E-state index in [0.29, 0.717) is 29.4 Å². The Labute approximate surface area is 188 Å². The molecule has 2 aromatic carbocycles. The molecule has 32 heavy (non-hydrogen) atoms. The smallest absolute Gasteiger partial charge is 0.261 e. The number of amides is 1. The normalized spacial score (nSPS) is 11.6. The fourth-order valence-corrected chi connectivity index (χ4v) is 3.96. The van der Waals surface area contributed by atoms with Crippen molar-refractivity contribution in [3.63, 3.8) is 0 Å². The van der Waals surface area contributed by atoms with Crippen molar-refractivity contribution < 1.29 is 17.9 Å². The van der Waals surface area contributed by atoms with Gasteiger partial charge in [0.25, 0.3) is 15.9 Å². The minimum Gasteiger partial charge on any atom is -0.439 e. The molecule has 0 atom stereocenters. The summed E-state index contributed by atoms with van der Waals surface area (Å²) >= 11 is 0. The van der Waals surface area contributed by atoms with Gasteiger partial charge in [-0.1, -0.05) is 32.9 Å². The molecule has 3 aromatic rings. The molecule has 1 heterocycles. The van der Waals surface area contributed by atoms with Gasteiger partial charge in [-0.15, -0.1) is 0 Å². The molecule has 0 spiro atoms. The molecule has 0 unspecified atom stereocenters. The van der Waals surface area contributed by atoms with Gasteiger partial charge in [0.15, 0.2) is 0 Å². The van der Waals surface area contributed by atoms with E-state index in [1.54, 1.807) is 48.5 Å². The first-order chi connectivity index (χ1) is 15.1. The number of ether oxygens (including phenoxy) is 1. The molecule has 7 nitrogen and oxygen atoms in total. The summed E-state index contributed by atoms with van der Waals surface area (Å²) in [6.45, 7) is 8.60. The van der Waals surface area contributed by atoms with Crippen LogP contribution in [0.2, 0.25) is 0 Å². The lowest BCUT2D eigenvalue weighted by molar-refractivity contribution is 0.0955. The predicted octanol–water partition coefficient (Wildman–Crippen LogP) is 4.72. The van der Waals surface area contributed by atoms with E-state index >= 15 is 0 Å². The van der Waals surface area contributed by atoms with E-state index in [0.717, 1.165) is 5.56 Å². The Kier molecular flexibility index (Phi) is 6.84. The standard InChI is InChI=1S/C24H27N3O4S/c1-5-25-23(28)17-6-15-22(26-16-17)31-20-11-9-19(10-12-20)27-32(29,30)21-13-7-18(8-14-21)24(2,3)4/h6-16,27H,5H2,1-4H3,(H,25,28). The molecular formula is C24H27N3O4S. The highest BCUT2D eigenvalue weighted by Gasteiger charge is 2.18. The summed E-state index contributed by atoms with van der Waals surface area (Å²) < 4.78 is 33.6. The maximum atomic E-state index is 12.7. The second-order valence-electron chi connectivity index (χ2n) is 8.25. The largest absolute Gasteiger partial charge is 0.439 e. The summed E-state index contributed by atoms with van der Waals surface area (Å²) in [6.07, 6.45) is 1.44. The molecule has 0 saturated heterocycles. The number of pyridine rings is 1. The molecule has 0 aliphatic heterocycles. The lowest BCUT2D eigenvalue weighted by Gasteiger charge is -2.19. The first kappa shape index (κ1) is 23.3. The van der Waals surface area contributed by atoms with Crippen LogP contribution < -0.4 is 14.8 Å². The molecule has 0 radical (unpaired) electrons.